The Bertz CT molecular complexity index is 479. The summed E-state index contributed by atoms with van der Waals surface area (Å²) in [4.78, 5) is 0. The third-order valence-electron chi connectivity index (χ3n) is 3.01. The zero-order valence-corrected chi connectivity index (χ0v) is 10.8. The maximum atomic E-state index is 10.1. The Kier molecular flexibility index (Phi) is 4.18. The minimum Gasteiger partial charge on any atom is -0.468 e. The molecule has 0 bridgehead atoms. The molecule has 0 saturated carbocycles. The second-order valence-electron chi connectivity index (χ2n) is 4.58. The predicted octanol–water partition coefficient (Wildman–Crippen LogP) is 2.97. The third-order valence-corrected chi connectivity index (χ3v) is 3.01. The van der Waals surface area contributed by atoms with Gasteiger partial charge in [0.1, 0.15) is 5.76 Å². The molecule has 0 fully saturated rings. The molecule has 1 aromatic heterocycles. The molecule has 0 aliphatic rings. The molecular formula is C15H19NO2. The molecule has 2 atom stereocenters. The minimum atomic E-state index is -0.498. The van der Waals surface area contributed by atoms with E-state index < -0.39 is 6.10 Å². The summed E-state index contributed by atoms with van der Waals surface area (Å²) in [5, 5.41) is 13.4. The molecule has 0 amide bonds. The minimum absolute atomic E-state index is 0.0967. The van der Waals surface area contributed by atoms with Gasteiger partial charge in [0.15, 0.2) is 0 Å². The quantitative estimate of drug-likeness (QED) is 0.851. The summed E-state index contributed by atoms with van der Waals surface area (Å²) in [6.07, 6.45) is 1.16. The first-order valence-corrected chi connectivity index (χ1v) is 6.18. The Hall–Kier alpha value is -1.58. The molecule has 0 aliphatic carbocycles. The average Bonchev–Trinajstić information content (AvgIpc) is 2.89. The van der Waals surface area contributed by atoms with Crippen molar-refractivity contribution in [3.63, 3.8) is 0 Å². The van der Waals surface area contributed by atoms with Gasteiger partial charge >= 0.3 is 0 Å². The predicted molar refractivity (Wildman–Crippen MR) is 71.3 cm³/mol. The number of benzene rings is 1. The molecule has 1 heterocycles. The normalized spacial score (nSPS) is 14.4. The van der Waals surface area contributed by atoms with Gasteiger partial charge in [-0.3, -0.25) is 0 Å². The summed E-state index contributed by atoms with van der Waals surface area (Å²) >= 11 is 0. The number of furan rings is 1. The maximum Gasteiger partial charge on any atom is 0.120 e. The van der Waals surface area contributed by atoms with Gasteiger partial charge < -0.3 is 14.8 Å². The number of hydrogen-bond donors (Lipinski definition) is 2. The van der Waals surface area contributed by atoms with Crippen LogP contribution in [0.3, 0.4) is 0 Å². The van der Waals surface area contributed by atoms with Crippen LogP contribution in [0.1, 0.15) is 36.0 Å². The number of aryl methyl sites for hydroxylation is 1. The van der Waals surface area contributed by atoms with Gasteiger partial charge in [-0.2, -0.15) is 0 Å². The average molecular weight is 245 g/mol. The van der Waals surface area contributed by atoms with Crippen LogP contribution in [0.5, 0.6) is 0 Å². The number of aliphatic hydroxyl groups is 1. The second-order valence-corrected chi connectivity index (χ2v) is 4.58. The fourth-order valence-electron chi connectivity index (χ4n) is 1.92. The molecule has 0 saturated heterocycles. The van der Waals surface area contributed by atoms with Gasteiger partial charge in [0.05, 0.1) is 18.4 Å². The van der Waals surface area contributed by atoms with Crippen LogP contribution in [0, 0.1) is 6.92 Å². The lowest BCUT2D eigenvalue weighted by molar-refractivity contribution is 0.169. The van der Waals surface area contributed by atoms with Gasteiger partial charge in [0.2, 0.25) is 0 Å². The molecule has 0 radical (unpaired) electrons. The van der Waals surface area contributed by atoms with Crippen molar-refractivity contribution in [2.75, 3.05) is 6.54 Å². The van der Waals surface area contributed by atoms with Crippen molar-refractivity contribution in [3.05, 3.63) is 59.5 Å². The summed E-state index contributed by atoms with van der Waals surface area (Å²) in [7, 11) is 0. The highest BCUT2D eigenvalue weighted by molar-refractivity contribution is 5.24. The lowest BCUT2D eigenvalue weighted by atomic mass is 10.1. The van der Waals surface area contributed by atoms with Gasteiger partial charge in [0.25, 0.3) is 0 Å². The largest absolute Gasteiger partial charge is 0.468 e. The topological polar surface area (TPSA) is 45.4 Å². The van der Waals surface area contributed by atoms with E-state index in [4.69, 9.17) is 4.42 Å². The summed E-state index contributed by atoms with van der Waals surface area (Å²) in [5.74, 6) is 0.881. The molecule has 3 nitrogen and oxygen atoms in total. The maximum absolute atomic E-state index is 10.1. The number of nitrogens with one attached hydrogen (secondary N) is 1. The highest BCUT2D eigenvalue weighted by Crippen LogP contribution is 2.16. The van der Waals surface area contributed by atoms with Crippen molar-refractivity contribution in [2.45, 2.75) is 26.0 Å². The van der Waals surface area contributed by atoms with Gasteiger partial charge in [-0.05, 0) is 31.5 Å². The molecule has 0 spiro atoms. The van der Waals surface area contributed by atoms with Gasteiger partial charge in [-0.1, -0.05) is 29.8 Å². The fraction of sp³-hybridized carbons (Fsp3) is 0.333. The van der Waals surface area contributed by atoms with Crippen molar-refractivity contribution >= 4 is 0 Å². The standard InChI is InChI=1S/C15H19NO2/c1-11-5-3-6-13(9-11)14(17)10-16-12(2)15-7-4-8-18-15/h3-9,12,14,16-17H,10H2,1-2H3/t12-,14+/m0/s1. The number of hydrogen-bond acceptors (Lipinski definition) is 3. The Morgan fingerprint density at radius 2 is 2.11 bits per heavy atom. The first-order valence-electron chi connectivity index (χ1n) is 6.18. The van der Waals surface area contributed by atoms with Crippen LogP contribution in [-0.2, 0) is 0 Å². The highest BCUT2D eigenvalue weighted by atomic mass is 16.3. The van der Waals surface area contributed by atoms with Crippen LogP contribution in [0.2, 0.25) is 0 Å². The van der Waals surface area contributed by atoms with Crippen molar-refractivity contribution in [1.29, 1.82) is 0 Å². The van der Waals surface area contributed by atoms with Crippen LogP contribution in [0.15, 0.2) is 47.1 Å². The zero-order chi connectivity index (χ0) is 13.0. The first kappa shape index (κ1) is 12.9. The van der Waals surface area contributed by atoms with Crippen LogP contribution in [-0.4, -0.2) is 11.7 Å². The van der Waals surface area contributed by atoms with Crippen LogP contribution >= 0.6 is 0 Å². The molecule has 0 aliphatic heterocycles. The lowest BCUT2D eigenvalue weighted by Gasteiger charge is -2.16. The van der Waals surface area contributed by atoms with E-state index in [9.17, 15) is 5.11 Å². The molecule has 0 unspecified atom stereocenters. The van der Waals surface area contributed by atoms with Crippen LogP contribution < -0.4 is 5.32 Å². The number of rotatable bonds is 5. The highest BCUT2D eigenvalue weighted by Gasteiger charge is 2.12. The molecule has 96 valence electrons. The summed E-state index contributed by atoms with van der Waals surface area (Å²) in [6, 6.07) is 11.8. The van der Waals surface area contributed by atoms with Gasteiger partial charge in [-0.15, -0.1) is 0 Å². The van der Waals surface area contributed by atoms with Gasteiger partial charge in [-0.25, -0.2) is 0 Å². The Balaban J connectivity index is 1.90. The number of aliphatic hydroxyl groups excluding tert-OH is 1. The molecule has 1 aromatic carbocycles. The molecule has 2 N–H and O–H groups in total. The smallest absolute Gasteiger partial charge is 0.120 e. The Morgan fingerprint density at radius 1 is 1.28 bits per heavy atom. The molecule has 18 heavy (non-hydrogen) atoms. The second kappa shape index (κ2) is 5.85. The molecule has 2 aromatic rings. The molecule has 2 rings (SSSR count). The van der Waals surface area contributed by atoms with Crippen molar-refractivity contribution in [3.8, 4) is 0 Å². The van der Waals surface area contributed by atoms with Gasteiger partial charge in [0, 0.05) is 6.54 Å². The van der Waals surface area contributed by atoms with Crippen molar-refractivity contribution < 1.29 is 9.52 Å². The van der Waals surface area contributed by atoms with E-state index in [1.807, 2.05) is 50.2 Å². The Morgan fingerprint density at radius 3 is 2.78 bits per heavy atom. The van der Waals surface area contributed by atoms with E-state index in [0.717, 1.165) is 16.9 Å². The van der Waals surface area contributed by atoms with E-state index >= 15 is 0 Å². The van der Waals surface area contributed by atoms with Crippen molar-refractivity contribution in [2.24, 2.45) is 0 Å². The molecular weight excluding hydrogens is 226 g/mol. The van der Waals surface area contributed by atoms with E-state index in [1.165, 1.54) is 0 Å². The fourth-order valence-corrected chi connectivity index (χ4v) is 1.92. The zero-order valence-electron chi connectivity index (χ0n) is 10.8. The van der Waals surface area contributed by atoms with E-state index in [0.29, 0.717) is 6.54 Å². The first-order chi connectivity index (χ1) is 8.66. The Labute approximate surface area is 107 Å². The van der Waals surface area contributed by atoms with Crippen LogP contribution in [0.4, 0.5) is 0 Å². The van der Waals surface area contributed by atoms with Crippen molar-refractivity contribution in [1.82, 2.24) is 5.32 Å². The molecule has 3 heteroatoms. The van der Waals surface area contributed by atoms with E-state index in [2.05, 4.69) is 5.32 Å². The third kappa shape index (κ3) is 3.22. The summed E-state index contributed by atoms with van der Waals surface area (Å²) < 4.78 is 5.31. The summed E-state index contributed by atoms with van der Waals surface area (Å²) in [5.41, 5.74) is 2.10. The summed E-state index contributed by atoms with van der Waals surface area (Å²) in [6.45, 7) is 4.54. The lowest BCUT2D eigenvalue weighted by Crippen LogP contribution is -2.24. The van der Waals surface area contributed by atoms with E-state index in [1.54, 1.807) is 6.26 Å². The van der Waals surface area contributed by atoms with Crippen LogP contribution in [0.25, 0.3) is 0 Å². The van der Waals surface area contributed by atoms with E-state index in [-0.39, 0.29) is 6.04 Å². The monoisotopic (exact) mass is 245 g/mol. The SMILES string of the molecule is Cc1cccc([C@H](O)CN[C@@H](C)c2ccco2)c1.